The van der Waals surface area contributed by atoms with Crippen LogP contribution in [0.1, 0.15) is 64.6 Å². The first kappa shape index (κ1) is 20.5. The monoisotopic (exact) mass is 355 g/mol. The van der Waals surface area contributed by atoms with Crippen molar-refractivity contribution in [1.29, 1.82) is 5.26 Å². The molecule has 0 spiro atoms. The van der Waals surface area contributed by atoms with Crippen LogP contribution in [0.15, 0.2) is 24.3 Å². The third kappa shape index (κ3) is 5.57. The Morgan fingerprint density at radius 1 is 1.23 bits per heavy atom. The van der Waals surface area contributed by atoms with Crippen molar-refractivity contribution >= 4 is 5.91 Å². The molecule has 0 bridgehead atoms. The average Bonchev–Trinajstić information content (AvgIpc) is 3.41. The highest BCUT2D eigenvalue weighted by Gasteiger charge is 2.42. The van der Waals surface area contributed by atoms with Crippen molar-refractivity contribution in [3.63, 3.8) is 0 Å². The number of carbonyl (C=O) groups excluding carboxylic acids is 1. The molecule has 1 aliphatic carbocycles. The van der Waals surface area contributed by atoms with Crippen LogP contribution in [-0.2, 0) is 11.2 Å². The van der Waals surface area contributed by atoms with Crippen molar-refractivity contribution in [1.82, 2.24) is 10.6 Å². The SMILES string of the molecule is CC(C)Cc1ccc([C@@H](NCC(=O)N[C@](C)(C#N)C2CC2)C(C)C)cc1. The Morgan fingerprint density at radius 2 is 1.85 bits per heavy atom. The van der Waals surface area contributed by atoms with Crippen LogP contribution in [0.3, 0.4) is 0 Å². The molecule has 1 aromatic rings. The molecular formula is C22H33N3O. The van der Waals surface area contributed by atoms with Gasteiger partial charge in [0.1, 0.15) is 5.54 Å². The third-order valence-electron chi connectivity index (χ3n) is 5.16. The van der Waals surface area contributed by atoms with Gasteiger partial charge in [-0.1, -0.05) is 52.0 Å². The highest BCUT2D eigenvalue weighted by atomic mass is 16.2. The largest absolute Gasteiger partial charge is 0.337 e. The zero-order valence-electron chi connectivity index (χ0n) is 16.8. The molecule has 1 saturated carbocycles. The van der Waals surface area contributed by atoms with Crippen molar-refractivity contribution < 1.29 is 4.79 Å². The molecular weight excluding hydrogens is 322 g/mol. The second-order valence-corrected chi connectivity index (χ2v) is 8.58. The second-order valence-electron chi connectivity index (χ2n) is 8.58. The molecule has 1 amide bonds. The number of nitrogens with zero attached hydrogens (tertiary/aromatic N) is 1. The van der Waals surface area contributed by atoms with Crippen molar-refractivity contribution in [2.24, 2.45) is 17.8 Å². The van der Waals surface area contributed by atoms with Gasteiger partial charge in [-0.3, -0.25) is 4.79 Å². The minimum absolute atomic E-state index is 0.108. The normalized spacial score (nSPS) is 17.6. The molecule has 1 aromatic carbocycles. The first-order valence-corrected chi connectivity index (χ1v) is 9.79. The Bertz CT molecular complexity index is 640. The fourth-order valence-electron chi connectivity index (χ4n) is 3.49. The van der Waals surface area contributed by atoms with Crippen LogP contribution in [0.25, 0.3) is 0 Å². The average molecular weight is 356 g/mol. The van der Waals surface area contributed by atoms with E-state index in [1.54, 1.807) is 0 Å². The van der Waals surface area contributed by atoms with E-state index in [9.17, 15) is 10.1 Å². The molecule has 2 atom stereocenters. The smallest absolute Gasteiger partial charge is 0.235 e. The molecule has 0 saturated heterocycles. The summed E-state index contributed by atoms with van der Waals surface area (Å²) in [5, 5.41) is 15.7. The molecule has 1 fully saturated rings. The molecule has 2 N–H and O–H groups in total. The zero-order valence-corrected chi connectivity index (χ0v) is 16.8. The lowest BCUT2D eigenvalue weighted by atomic mass is 9.93. The quantitative estimate of drug-likeness (QED) is 0.704. The van der Waals surface area contributed by atoms with Crippen molar-refractivity contribution in [2.75, 3.05) is 6.54 Å². The molecule has 0 radical (unpaired) electrons. The van der Waals surface area contributed by atoms with Gasteiger partial charge in [0.15, 0.2) is 0 Å². The Hall–Kier alpha value is -1.86. The number of benzene rings is 1. The van der Waals surface area contributed by atoms with E-state index in [4.69, 9.17) is 0 Å². The lowest BCUT2D eigenvalue weighted by molar-refractivity contribution is -0.121. The van der Waals surface area contributed by atoms with Crippen LogP contribution >= 0.6 is 0 Å². The highest BCUT2D eigenvalue weighted by molar-refractivity contribution is 5.79. The van der Waals surface area contributed by atoms with Gasteiger partial charge in [-0.2, -0.15) is 5.26 Å². The van der Waals surface area contributed by atoms with Crippen LogP contribution in [0.5, 0.6) is 0 Å². The van der Waals surface area contributed by atoms with Crippen LogP contribution in [0.2, 0.25) is 0 Å². The molecule has 0 heterocycles. The maximum Gasteiger partial charge on any atom is 0.235 e. The molecule has 26 heavy (non-hydrogen) atoms. The van der Waals surface area contributed by atoms with E-state index < -0.39 is 5.54 Å². The van der Waals surface area contributed by atoms with E-state index in [-0.39, 0.29) is 18.5 Å². The van der Waals surface area contributed by atoms with Crippen molar-refractivity contribution in [2.45, 2.75) is 65.5 Å². The van der Waals surface area contributed by atoms with Crippen LogP contribution in [-0.4, -0.2) is 18.0 Å². The number of hydrogen-bond donors (Lipinski definition) is 2. The van der Waals surface area contributed by atoms with Crippen LogP contribution < -0.4 is 10.6 Å². The lowest BCUT2D eigenvalue weighted by Crippen LogP contribution is -2.50. The van der Waals surface area contributed by atoms with Gasteiger partial charge in [0.2, 0.25) is 5.91 Å². The number of rotatable bonds is 9. The molecule has 0 aliphatic heterocycles. The molecule has 1 aliphatic rings. The molecule has 0 unspecified atom stereocenters. The minimum Gasteiger partial charge on any atom is -0.337 e. The Kier molecular flexibility index (Phi) is 6.83. The Balaban J connectivity index is 1.95. The maximum absolute atomic E-state index is 12.4. The molecule has 0 aromatic heterocycles. The Labute approximate surface area is 158 Å². The van der Waals surface area contributed by atoms with Gasteiger partial charge in [-0.25, -0.2) is 0 Å². The minimum atomic E-state index is -0.732. The van der Waals surface area contributed by atoms with E-state index in [0.717, 1.165) is 19.3 Å². The standard InChI is InChI=1S/C22H33N3O/c1-15(2)12-17-6-8-18(9-7-17)21(16(3)4)24-13-20(26)25-22(5,14-23)19-10-11-19/h6-9,15-16,19,21,24H,10-13H2,1-5H3,(H,25,26)/t21-,22+/m0/s1. The molecule has 4 heteroatoms. The summed E-state index contributed by atoms with van der Waals surface area (Å²) < 4.78 is 0. The summed E-state index contributed by atoms with van der Waals surface area (Å²) in [4.78, 5) is 12.4. The van der Waals surface area contributed by atoms with Gasteiger partial charge in [-0.15, -0.1) is 0 Å². The fourth-order valence-corrected chi connectivity index (χ4v) is 3.49. The number of nitriles is 1. The van der Waals surface area contributed by atoms with Gasteiger partial charge in [0, 0.05) is 6.04 Å². The van der Waals surface area contributed by atoms with E-state index >= 15 is 0 Å². The third-order valence-corrected chi connectivity index (χ3v) is 5.16. The number of hydrogen-bond acceptors (Lipinski definition) is 3. The summed E-state index contributed by atoms with van der Waals surface area (Å²) in [6.45, 7) is 10.8. The van der Waals surface area contributed by atoms with Crippen LogP contribution in [0.4, 0.5) is 0 Å². The number of nitrogens with one attached hydrogen (secondary N) is 2. The number of carbonyl (C=O) groups is 1. The van der Waals surface area contributed by atoms with Gasteiger partial charge < -0.3 is 10.6 Å². The maximum atomic E-state index is 12.4. The first-order chi connectivity index (χ1) is 12.2. The van der Waals surface area contributed by atoms with E-state index in [2.05, 4.69) is 68.7 Å². The molecule has 2 rings (SSSR count). The molecule has 4 nitrogen and oxygen atoms in total. The summed E-state index contributed by atoms with van der Waals surface area (Å²) in [6.07, 6.45) is 3.13. The van der Waals surface area contributed by atoms with Crippen LogP contribution in [0, 0.1) is 29.1 Å². The predicted molar refractivity (Wildman–Crippen MR) is 105 cm³/mol. The zero-order chi connectivity index (χ0) is 19.3. The first-order valence-electron chi connectivity index (χ1n) is 9.79. The second kappa shape index (κ2) is 8.68. The number of amides is 1. The predicted octanol–water partition coefficient (Wildman–Crippen LogP) is 3.98. The van der Waals surface area contributed by atoms with Crippen molar-refractivity contribution in [3.8, 4) is 6.07 Å². The Morgan fingerprint density at radius 3 is 2.31 bits per heavy atom. The van der Waals surface area contributed by atoms with E-state index in [1.807, 2.05) is 6.92 Å². The highest BCUT2D eigenvalue weighted by Crippen LogP contribution is 2.39. The van der Waals surface area contributed by atoms with Gasteiger partial charge >= 0.3 is 0 Å². The van der Waals surface area contributed by atoms with Crippen molar-refractivity contribution in [3.05, 3.63) is 35.4 Å². The van der Waals surface area contributed by atoms with Gasteiger partial charge in [-0.05, 0) is 55.1 Å². The van der Waals surface area contributed by atoms with Gasteiger partial charge in [0.05, 0.1) is 12.6 Å². The summed E-state index contributed by atoms with van der Waals surface area (Å²) in [7, 11) is 0. The summed E-state index contributed by atoms with van der Waals surface area (Å²) >= 11 is 0. The van der Waals surface area contributed by atoms with E-state index in [0.29, 0.717) is 17.8 Å². The summed E-state index contributed by atoms with van der Waals surface area (Å²) in [5.41, 5.74) is 1.81. The fraction of sp³-hybridized carbons (Fsp3) is 0.636. The van der Waals surface area contributed by atoms with E-state index in [1.165, 1.54) is 11.1 Å². The summed E-state index contributed by atoms with van der Waals surface area (Å²) in [5.74, 6) is 1.20. The summed E-state index contributed by atoms with van der Waals surface area (Å²) in [6, 6.07) is 11.1. The lowest BCUT2D eigenvalue weighted by Gasteiger charge is -2.26. The topological polar surface area (TPSA) is 64.9 Å². The molecule has 142 valence electrons. The van der Waals surface area contributed by atoms with Gasteiger partial charge in [0.25, 0.3) is 0 Å².